The van der Waals surface area contributed by atoms with Crippen LogP contribution in [0.15, 0.2) is 5.76 Å². The third kappa shape index (κ3) is 2.79. The van der Waals surface area contributed by atoms with E-state index in [1.807, 2.05) is 18.7 Å². The number of methoxy groups -OCH3 is 1. The van der Waals surface area contributed by atoms with E-state index >= 15 is 0 Å². The van der Waals surface area contributed by atoms with Crippen molar-refractivity contribution < 1.29 is 9.84 Å². The van der Waals surface area contributed by atoms with Crippen LogP contribution in [-0.4, -0.2) is 47.6 Å². The standard InChI is InChI=1S/C13H19N3O2S/c1-8-9(2)19-13(15-8)11-10(17)7-16(12(11)14)5-4-6-18-3/h14,17H,4-7H2,1-3H3. The lowest BCUT2D eigenvalue weighted by molar-refractivity contribution is 0.186. The molecule has 0 saturated heterocycles. The van der Waals surface area contributed by atoms with Crippen molar-refractivity contribution in [3.8, 4) is 0 Å². The number of thiazole rings is 1. The molecule has 1 aliphatic heterocycles. The fourth-order valence-corrected chi connectivity index (χ4v) is 3.01. The number of aliphatic hydroxyl groups is 1. The lowest BCUT2D eigenvalue weighted by Gasteiger charge is -2.17. The van der Waals surface area contributed by atoms with Crippen LogP contribution in [0.4, 0.5) is 0 Å². The van der Waals surface area contributed by atoms with E-state index in [1.54, 1.807) is 7.11 Å². The molecule has 0 bridgehead atoms. The first-order valence-corrected chi connectivity index (χ1v) is 7.05. The molecule has 2 N–H and O–H groups in total. The van der Waals surface area contributed by atoms with E-state index in [2.05, 4.69) is 4.98 Å². The van der Waals surface area contributed by atoms with Crippen molar-refractivity contribution in [2.24, 2.45) is 0 Å². The maximum absolute atomic E-state index is 10.1. The van der Waals surface area contributed by atoms with Gasteiger partial charge in [-0.15, -0.1) is 11.3 Å². The van der Waals surface area contributed by atoms with E-state index in [1.165, 1.54) is 11.3 Å². The third-order valence-electron chi connectivity index (χ3n) is 3.20. The van der Waals surface area contributed by atoms with E-state index in [4.69, 9.17) is 10.1 Å². The molecule has 1 aromatic rings. The fraction of sp³-hybridized carbons (Fsp3) is 0.538. The molecular weight excluding hydrogens is 262 g/mol. The van der Waals surface area contributed by atoms with Crippen molar-refractivity contribution in [1.29, 1.82) is 5.41 Å². The molecule has 1 aliphatic rings. The zero-order chi connectivity index (χ0) is 14.0. The molecule has 2 heterocycles. The summed E-state index contributed by atoms with van der Waals surface area (Å²) >= 11 is 1.53. The zero-order valence-electron chi connectivity index (χ0n) is 11.5. The number of amidine groups is 1. The quantitative estimate of drug-likeness (QED) is 0.813. The molecule has 0 radical (unpaired) electrons. The first-order chi connectivity index (χ1) is 9.04. The Labute approximate surface area is 117 Å². The molecule has 0 spiro atoms. The van der Waals surface area contributed by atoms with E-state index in [-0.39, 0.29) is 5.76 Å². The van der Waals surface area contributed by atoms with Crippen LogP contribution in [0, 0.1) is 19.3 Å². The number of aliphatic hydroxyl groups excluding tert-OH is 1. The Bertz CT molecular complexity index is 502. The Balaban J connectivity index is 2.13. The van der Waals surface area contributed by atoms with Crippen LogP contribution in [0.5, 0.6) is 0 Å². The molecular formula is C13H19N3O2S. The van der Waals surface area contributed by atoms with E-state index in [0.29, 0.717) is 31.1 Å². The molecule has 6 heteroatoms. The number of hydrogen-bond acceptors (Lipinski definition) is 5. The molecule has 2 rings (SSSR count). The summed E-state index contributed by atoms with van der Waals surface area (Å²) < 4.78 is 5.01. The van der Waals surface area contributed by atoms with E-state index in [0.717, 1.165) is 22.0 Å². The van der Waals surface area contributed by atoms with Crippen molar-refractivity contribution in [1.82, 2.24) is 9.88 Å². The Morgan fingerprint density at radius 2 is 2.21 bits per heavy atom. The Morgan fingerprint density at radius 3 is 2.79 bits per heavy atom. The van der Waals surface area contributed by atoms with Gasteiger partial charge in [-0.05, 0) is 20.3 Å². The molecule has 0 aromatic carbocycles. The lowest BCUT2D eigenvalue weighted by atomic mass is 10.2. The van der Waals surface area contributed by atoms with E-state index in [9.17, 15) is 5.11 Å². The van der Waals surface area contributed by atoms with Gasteiger partial charge in [0.05, 0.1) is 17.8 Å². The monoisotopic (exact) mass is 281 g/mol. The van der Waals surface area contributed by atoms with Gasteiger partial charge in [-0.2, -0.15) is 0 Å². The van der Waals surface area contributed by atoms with Gasteiger partial charge in [-0.1, -0.05) is 0 Å². The smallest absolute Gasteiger partial charge is 0.135 e. The molecule has 0 amide bonds. The average Bonchev–Trinajstić information content (AvgIpc) is 2.81. The number of rotatable bonds is 5. The van der Waals surface area contributed by atoms with Crippen molar-refractivity contribution >= 4 is 22.7 Å². The summed E-state index contributed by atoms with van der Waals surface area (Å²) in [7, 11) is 1.66. The molecule has 0 saturated carbocycles. The van der Waals surface area contributed by atoms with Gasteiger partial charge in [0.1, 0.15) is 16.6 Å². The van der Waals surface area contributed by atoms with Crippen molar-refractivity contribution in [3.05, 3.63) is 21.3 Å². The zero-order valence-corrected chi connectivity index (χ0v) is 12.3. The second kappa shape index (κ2) is 5.71. The highest BCUT2D eigenvalue weighted by atomic mass is 32.1. The summed E-state index contributed by atoms with van der Waals surface area (Å²) in [6, 6.07) is 0. The molecule has 0 aliphatic carbocycles. The van der Waals surface area contributed by atoms with Crippen LogP contribution in [0.1, 0.15) is 22.0 Å². The number of hydrogen-bond donors (Lipinski definition) is 2. The summed E-state index contributed by atoms with van der Waals surface area (Å²) in [6.07, 6.45) is 0.843. The predicted molar refractivity (Wildman–Crippen MR) is 76.9 cm³/mol. The Kier molecular flexibility index (Phi) is 4.21. The van der Waals surface area contributed by atoms with Crippen molar-refractivity contribution in [2.75, 3.05) is 26.8 Å². The van der Waals surface area contributed by atoms with Gasteiger partial charge in [-0.3, -0.25) is 5.41 Å². The van der Waals surface area contributed by atoms with E-state index < -0.39 is 0 Å². The van der Waals surface area contributed by atoms with Crippen LogP contribution in [0.3, 0.4) is 0 Å². The SMILES string of the molecule is COCCCN1CC(O)=C(c2nc(C)c(C)s2)C1=N. The first-order valence-electron chi connectivity index (χ1n) is 6.24. The van der Waals surface area contributed by atoms with Crippen LogP contribution in [0.25, 0.3) is 5.57 Å². The molecule has 0 unspecified atom stereocenters. The van der Waals surface area contributed by atoms with Crippen LogP contribution in [0.2, 0.25) is 0 Å². The maximum atomic E-state index is 10.1. The number of aryl methyl sites for hydroxylation is 2. The Hall–Kier alpha value is -1.40. The Morgan fingerprint density at radius 1 is 1.47 bits per heavy atom. The minimum Gasteiger partial charge on any atom is -0.510 e. The normalized spacial score (nSPS) is 15.7. The molecule has 5 nitrogen and oxygen atoms in total. The molecule has 104 valence electrons. The van der Waals surface area contributed by atoms with Crippen LogP contribution in [-0.2, 0) is 4.74 Å². The molecule has 1 aromatic heterocycles. The predicted octanol–water partition coefficient (Wildman–Crippen LogP) is 2.36. The fourth-order valence-electron chi connectivity index (χ4n) is 2.03. The van der Waals surface area contributed by atoms with Crippen molar-refractivity contribution in [2.45, 2.75) is 20.3 Å². The number of aromatic nitrogens is 1. The second-order valence-electron chi connectivity index (χ2n) is 4.60. The third-order valence-corrected chi connectivity index (χ3v) is 4.29. The minimum absolute atomic E-state index is 0.246. The highest BCUT2D eigenvalue weighted by Gasteiger charge is 2.29. The maximum Gasteiger partial charge on any atom is 0.135 e. The number of ether oxygens (including phenoxy) is 1. The molecule has 19 heavy (non-hydrogen) atoms. The summed E-state index contributed by atoms with van der Waals surface area (Å²) in [5.41, 5.74) is 1.55. The second-order valence-corrected chi connectivity index (χ2v) is 5.80. The minimum atomic E-state index is 0.246. The highest BCUT2D eigenvalue weighted by Crippen LogP contribution is 2.31. The van der Waals surface area contributed by atoms with Gasteiger partial charge in [0.15, 0.2) is 0 Å². The first kappa shape index (κ1) is 14.0. The van der Waals surface area contributed by atoms with Gasteiger partial charge in [0.2, 0.25) is 0 Å². The number of nitrogens with one attached hydrogen (secondary N) is 1. The van der Waals surface area contributed by atoms with Gasteiger partial charge in [0.25, 0.3) is 0 Å². The van der Waals surface area contributed by atoms with Crippen LogP contribution < -0.4 is 0 Å². The topological polar surface area (TPSA) is 69.4 Å². The molecule has 0 fully saturated rings. The van der Waals surface area contributed by atoms with Crippen molar-refractivity contribution in [3.63, 3.8) is 0 Å². The lowest BCUT2D eigenvalue weighted by Crippen LogP contribution is -2.28. The summed E-state index contributed by atoms with van der Waals surface area (Å²) in [5, 5.41) is 19.0. The van der Waals surface area contributed by atoms with Gasteiger partial charge in [0, 0.05) is 25.1 Å². The summed E-state index contributed by atoms with van der Waals surface area (Å²) in [6.45, 7) is 5.72. The summed E-state index contributed by atoms with van der Waals surface area (Å²) in [4.78, 5) is 7.42. The van der Waals surface area contributed by atoms with Crippen LogP contribution >= 0.6 is 11.3 Å². The van der Waals surface area contributed by atoms with Gasteiger partial charge in [-0.25, -0.2) is 4.98 Å². The van der Waals surface area contributed by atoms with Gasteiger partial charge >= 0.3 is 0 Å². The average molecular weight is 281 g/mol. The largest absolute Gasteiger partial charge is 0.510 e. The van der Waals surface area contributed by atoms with Gasteiger partial charge < -0.3 is 14.7 Å². The highest BCUT2D eigenvalue weighted by molar-refractivity contribution is 7.13. The number of nitrogens with zero attached hydrogens (tertiary/aromatic N) is 2. The summed E-state index contributed by atoms with van der Waals surface area (Å²) in [5.74, 6) is 0.610. The molecule has 0 atom stereocenters.